The summed E-state index contributed by atoms with van der Waals surface area (Å²) < 4.78 is 6.54. The molecule has 2 aliphatic carbocycles. The highest BCUT2D eigenvalue weighted by Crippen LogP contribution is 2.34. The SMILES string of the molecule is CC(C)(C)NC(=O)N[C@H](C(=O)N1C[C@H](Oc2nc(-c3ccccn3)nc3sccc23)C[C@H]1C(=O)N[C@@H](CC1CCC1)C(=O)C(=O)NC1CC1)C(C)(C)C. The number of nitrogens with zero attached hydrogens (tertiary/aromatic N) is 4. The third-order valence-corrected chi connectivity index (χ3v) is 10.6. The fourth-order valence-corrected chi connectivity index (χ4v) is 7.34. The van der Waals surface area contributed by atoms with Gasteiger partial charge in [0.2, 0.25) is 23.5 Å². The second-order valence-corrected chi connectivity index (χ2v) is 17.4. The smallest absolute Gasteiger partial charge is 0.315 e. The quantitative estimate of drug-likeness (QED) is 0.198. The van der Waals surface area contributed by atoms with Crippen molar-refractivity contribution in [2.45, 2.75) is 122 Å². The van der Waals surface area contributed by atoms with Crippen LogP contribution in [0.4, 0.5) is 4.79 Å². The van der Waals surface area contributed by atoms with Gasteiger partial charge in [-0.1, -0.05) is 46.1 Å². The van der Waals surface area contributed by atoms with Crippen LogP contribution in [-0.2, 0) is 19.2 Å². The first kappa shape index (κ1) is 38.1. The number of Topliss-reactive ketones (excluding diaryl/α,β-unsaturated/α-hetero) is 1. The highest BCUT2D eigenvalue weighted by atomic mass is 32.1. The first-order chi connectivity index (χ1) is 25.1. The van der Waals surface area contributed by atoms with Crippen LogP contribution in [0, 0.1) is 11.3 Å². The Morgan fingerprint density at radius 3 is 2.36 bits per heavy atom. The molecule has 53 heavy (non-hydrogen) atoms. The number of aromatic nitrogens is 3. The van der Waals surface area contributed by atoms with Crippen LogP contribution in [0.25, 0.3) is 21.7 Å². The van der Waals surface area contributed by atoms with Gasteiger partial charge in [0.1, 0.15) is 28.7 Å². The van der Waals surface area contributed by atoms with Crippen LogP contribution in [0.5, 0.6) is 5.88 Å². The molecule has 14 nitrogen and oxygen atoms in total. The summed E-state index contributed by atoms with van der Waals surface area (Å²) in [5, 5.41) is 13.9. The van der Waals surface area contributed by atoms with E-state index in [-0.39, 0.29) is 24.9 Å². The summed E-state index contributed by atoms with van der Waals surface area (Å²) >= 11 is 1.43. The molecule has 4 heterocycles. The average molecular weight is 747 g/mol. The summed E-state index contributed by atoms with van der Waals surface area (Å²) in [6.45, 7) is 11.0. The summed E-state index contributed by atoms with van der Waals surface area (Å²) in [6.07, 6.45) is 5.90. The molecule has 15 heteroatoms. The number of thiophene rings is 1. The van der Waals surface area contributed by atoms with Gasteiger partial charge in [-0.3, -0.25) is 24.2 Å². The molecule has 3 fully saturated rings. The monoisotopic (exact) mass is 746 g/mol. The zero-order chi connectivity index (χ0) is 38.1. The second kappa shape index (κ2) is 15.4. The molecule has 4 N–H and O–H groups in total. The molecule has 1 aliphatic heterocycles. The van der Waals surface area contributed by atoms with E-state index >= 15 is 0 Å². The Bertz CT molecular complexity index is 1850. The molecule has 4 atom stereocenters. The van der Waals surface area contributed by atoms with E-state index < -0.39 is 64.7 Å². The van der Waals surface area contributed by atoms with Gasteiger partial charge in [0.05, 0.1) is 18.0 Å². The number of ether oxygens (including phenoxy) is 1. The molecule has 3 aromatic heterocycles. The minimum absolute atomic E-state index is 0.00400. The number of ketones is 1. The number of carbonyl (C=O) groups is 5. The Morgan fingerprint density at radius 2 is 1.74 bits per heavy atom. The number of nitrogens with one attached hydrogen (secondary N) is 4. The molecule has 1 saturated heterocycles. The number of amides is 5. The second-order valence-electron chi connectivity index (χ2n) is 16.5. The van der Waals surface area contributed by atoms with Crippen LogP contribution >= 0.6 is 11.3 Å². The van der Waals surface area contributed by atoms with E-state index in [4.69, 9.17) is 9.72 Å². The van der Waals surface area contributed by atoms with Crippen molar-refractivity contribution in [3.63, 3.8) is 0 Å². The van der Waals surface area contributed by atoms with E-state index in [9.17, 15) is 24.0 Å². The number of urea groups is 1. The standard InChI is InChI=1S/C38H50N8O6S/c1-37(2,3)29(42-36(51)45-38(4,5)6)35(50)46-20-23(52-33-24-15-17-53-34(24)44-30(43-33)25-12-7-8-16-39-25)19-27(46)31(48)41-26(18-21-10-9-11-21)28(47)32(49)40-22-13-14-22/h7-8,12,15-17,21-23,26-27,29H,9-11,13-14,18-20H2,1-6H3,(H,40,49)(H,41,48)(H2,42,45,51)/t23-,26+,27+,29-/m1/s1. The van der Waals surface area contributed by atoms with Crippen LogP contribution in [0.15, 0.2) is 35.8 Å². The van der Waals surface area contributed by atoms with Crippen LogP contribution in [-0.4, -0.2) is 91.7 Å². The minimum atomic E-state index is -1.07. The lowest BCUT2D eigenvalue weighted by molar-refractivity contribution is -0.144. The lowest BCUT2D eigenvalue weighted by Crippen LogP contribution is -2.61. The van der Waals surface area contributed by atoms with Gasteiger partial charge in [-0.15, -0.1) is 11.3 Å². The fraction of sp³-hybridized carbons (Fsp3) is 0.579. The molecule has 5 amide bonds. The maximum absolute atomic E-state index is 14.6. The van der Waals surface area contributed by atoms with Gasteiger partial charge in [-0.05, 0) is 74.9 Å². The zero-order valence-electron chi connectivity index (χ0n) is 31.2. The van der Waals surface area contributed by atoms with Crippen LogP contribution in [0.3, 0.4) is 0 Å². The van der Waals surface area contributed by atoms with E-state index in [1.807, 2.05) is 59.1 Å². The van der Waals surface area contributed by atoms with Crippen molar-refractivity contribution in [1.29, 1.82) is 0 Å². The normalized spacial score (nSPS) is 20.2. The van der Waals surface area contributed by atoms with Crippen molar-refractivity contribution < 1.29 is 28.7 Å². The van der Waals surface area contributed by atoms with E-state index in [1.54, 1.807) is 18.3 Å². The van der Waals surface area contributed by atoms with Gasteiger partial charge in [0, 0.05) is 24.2 Å². The van der Waals surface area contributed by atoms with Crippen molar-refractivity contribution in [1.82, 2.24) is 41.1 Å². The van der Waals surface area contributed by atoms with Crippen LogP contribution in [0.1, 0.15) is 86.5 Å². The number of rotatable bonds is 12. The van der Waals surface area contributed by atoms with Gasteiger partial charge in [0.15, 0.2) is 5.82 Å². The number of hydrogen-bond acceptors (Lipinski definition) is 10. The van der Waals surface area contributed by atoms with Crippen LogP contribution in [0.2, 0.25) is 0 Å². The predicted octanol–water partition coefficient (Wildman–Crippen LogP) is 4.14. The first-order valence-electron chi connectivity index (χ1n) is 18.4. The van der Waals surface area contributed by atoms with Gasteiger partial charge >= 0.3 is 6.03 Å². The lowest BCUT2D eigenvalue weighted by Gasteiger charge is -2.36. The maximum Gasteiger partial charge on any atom is 0.315 e. The van der Waals surface area contributed by atoms with Crippen LogP contribution < -0.4 is 26.0 Å². The highest BCUT2D eigenvalue weighted by molar-refractivity contribution is 7.16. The summed E-state index contributed by atoms with van der Waals surface area (Å²) in [5.74, 6) is -1.54. The topological polar surface area (TPSA) is 185 Å². The zero-order valence-corrected chi connectivity index (χ0v) is 32.0. The van der Waals surface area contributed by atoms with Crippen molar-refractivity contribution in [2.75, 3.05) is 6.54 Å². The lowest BCUT2D eigenvalue weighted by atomic mass is 9.80. The molecule has 0 bridgehead atoms. The summed E-state index contributed by atoms with van der Waals surface area (Å²) in [7, 11) is 0. The molecule has 3 aromatic rings. The highest BCUT2D eigenvalue weighted by Gasteiger charge is 2.47. The Hall–Kier alpha value is -4.66. The van der Waals surface area contributed by atoms with Gasteiger partial charge in [0.25, 0.3) is 5.91 Å². The first-order valence-corrected chi connectivity index (χ1v) is 19.3. The molecule has 0 unspecified atom stereocenters. The van der Waals surface area contributed by atoms with Crippen molar-refractivity contribution in [3.05, 3.63) is 35.8 Å². The number of likely N-dealkylation sites (tertiary alicyclic amines) is 1. The van der Waals surface area contributed by atoms with E-state index in [0.29, 0.717) is 34.0 Å². The average Bonchev–Trinajstić information content (AvgIpc) is 3.57. The summed E-state index contributed by atoms with van der Waals surface area (Å²) in [5.41, 5.74) is -0.742. The predicted molar refractivity (Wildman–Crippen MR) is 200 cm³/mol. The number of pyridine rings is 1. The van der Waals surface area contributed by atoms with Gasteiger partial charge < -0.3 is 30.9 Å². The largest absolute Gasteiger partial charge is 0.472 e. The fourth-order valence-electron chi connectivity index (χ4n) is 6.59. The summed E-state index contributed by atoms with van der Waals surface area (Å²) in [6, 6.07) is 3.65. The molecule has 6 rings (SSSR count). The molecule has 0 radical (unpaired) electrons. The maximum atomic E-state index is 14.6. The molecule has 3 aliphatic rings. The summed E-state index contributed by atoms with van der Waals surface area (Å²) in [4.78, 5) is 84.3. The van der Waals surface area contributed by atoms with Crippen molar-refractivity contribution in [2.24, 2.45) is 11.3 Å². The Kier molecular flexibility index (Phi) is 11.0. The third-order valence-electron chi connectivity index (χ3n) is 9.75. The van der Waals surface area contributed by atoms with Gasteiger partial charge in [-0.2, -0.15) is 4.98 Å². The molecule has 2 saturated carbocycles. The van der Waals surface area contributed by atoms with Gasteiger partial charge in [-0.25, -0.2) is 9.78 Å². The molecule has 0 aromatic carbocycles. The number of carbonyl (C=O) groups excluding carboxylic acids is 5. The Morgan fingerprint density at radius 1 is 0.981 bits per heavy atom. The minimum Gasteiger partial charge on any atom is -0.472 e. The molecule has 0 spiro atoms. The molecule has 284 valence electrons. The Labute approximate surface area is 313 Å². The molecular weight excluding hydrogens is 697 g/mol. The number of fused-ring (bicyclic) bond motifs is 1. The van der Waals surface area contributed by atoms with E-state index in [0.717, 1.165) is 32.1 Å². The Balaban J connectivity index is 1.29. The van der Waals surface area contributed by atoms with E-state index in [2.05, 4.69) is 31.2 Å². The molecular formula is C38H50N8O6S. The number of hydrogen-bond donors (Lipinski definition) is 4. The van der Waals surface area contributed by atoms with E-state index in [1.165, 1.54) is 16.2 Å². The third kappa shape index (κ3) is 9.48. The van der Waals surface area contributed by atoms with Crippen molar-refractivity contribution >= 4 is 51.1 Å². The van der Waals surface area contributed by atoms with Crippen molar-refractivity contribution in [3.8, 4) is 17.4 Å².